The Kier molecular flexibility index (Phi) is 6.25. The lowest BCUT2D eigenvalue weighted by Crippen LogP contribution is -2.49. The number of hydrogen-bond acceptors (Lipinski definition) is 3. The van der Waals surface area contributed by atoms with Crippen molar-refractivity contribution in [2.24, 2.45) is 5.92 Å². The third-order valence-corrected chi connectivity index (χ3v) is 5.41. The summed E-state index contributed by atoms with van der Waals surface area (Å²) >= 11 is 0. The number of amides is 1. The van der Waals surface area contributed by atoms with Crippen LogP contribution in [0.4, 0.5) is 0 Å². The minimum absolute atomic E-state index is 0.0464. The monoisotopic (exact) mass is 337 g/mol. The summed E-state index contributed by atoms with van der Waals surface area (Å²) < 4.78 is 0. The lowest BCUT2D eigenvalue weighted by molar-refractivity contribution is -0.127. The summed E-state index contributed by atoms with van der Waals surface area (Å²) in [7, 11) is 0. The number of carbonyl (C=O) groups is 1. The fourth-order valence-corrected chi connectivity index (χ4v) is 3.90. The molecule has 0 bridgehead atoms. The highest BCUT2D eigenvalue weighted by molar-refractivity contribution is 5.92. The zero-order valence-electron chi connectivity index (χ0n) is 14.9. The van der Waals surface area contributed by atoms with Crippen LogP contribution in [-0.2, 0) is 4.79 Å². The summed E-state index contributed by atoms with van der Waals surface area (Å²) in [6.07, 6.45) is 10.3. The number of rotatable bonds is 4. The number of nitrogens with zero attached hydrogens (tertiary/aromatic N) is 3. The number of piperazine rings is 1. The Labute approximate surface area is 150 Å². The van der Waals surface area contributed by atoms with Crippen LogP contribution in [0, 0.1) is 17.2 Å². The number of hydrogen-bond donors (Lipinski definition) is 0. The van der Waals surface area contributed by atoms with Gasteiger partial charge in [0.25, 0.3) is 0 Å². The fraction of sp³-hybridized carbons (Fsp3) is 0.524. The molecule has 4 nitrogen and oxygen atoms in total. The van der Waals surface area contributed by atoms with Crippen LogP contribution in [0.15, 0.2) is 30.3 Å². The van der Waals surface area contributed by atoms with Crippen LogP contribution in [0.2, 0.25) is 0 Å². The van der Waals surface area contributed by atoms with Gasteiger partial charge in [0, 0.05) is 38.8 Å². The van der Waals surface area contributed by atoms with Crippen molar-refractivity contribution in [3.05, 3.63) is 41.5 Å². The molecular formula is C21H27N3O. The molecule has 0 atom stereocenters. The molecule has 2 aliphatic rings. The van der Waals surface area contributed by atoms with Gasteiger partial charge >= 0.3 is 0 Å². The SMILES string of the molecule is N#Cc1ccccc1/C=C/C(=O)N1CCN(CC2CCCCC2)CC1. The molecule has 1 saturated carbocycles. The quantitative estimate of drug-likeness (QED) is 0.792. The van der Waals surface area contributed by atoms with Crippen LogP contribution in [0.3, 0.4) is 0 Å². The predicted molar refractivity (Wildman–Crippen MR) is 99.8 cm³/mol. The highest BCUT2D eigenvalue weighted by Crippen LogP contribution is 2.24. The number of carbonyl (C=O) groups excluding carboxylic acids is 1. The van der Waals surface area contributed by atoms with Crippen molar-refractivity contribution in [1.82, 2.24) is 9.80 Å². The predicted octanol–water partition coefficient (Wildman–Crippen LogP) is 3.30. The van der Waals surface area contributed by atoms with Gasteiger partial charge in [0.15, 0.2) is 0 Å². The Morgan fingerprint density at radius 1 is 1.12 bits per heavy atom. The zero-order valence-corrected chi connectivity index (χ0v) is 14.9. The molecule has 1 saturated heterocycles. The lowest BCUT2D eigenvalue weighted by Gasteiger charge is -2.36. The van der Waals surface area contributed by atoms with Gasteiger partial charge in [-0.05, 0) is 36.5 Å². The molecule has 0 aromatic heterocycles. The first-order valence-corrected chi connectivity index (χ1v) is 9.45. The molecule has 1 aliphatic heterocycles. The van der Waals surface area contributed by atoms with Gasteiger partial charge in [-0.2, -0.15) is 5.26 Å². The number of benzene rings is 1. The van der Waals surface area contributed by atoms with E-state index >= 15 is 0 Å². The van der Waals surface area contributed by atoms with Crippen molar-refractivity contribution >= 4 is 12.0 Å². The lowest BCUT2D eigenvalue weighted by atomic mass is 9.89. The van der Waals surface area contributed by atoms with E-state index in [1.165, 1.54) is 38.6 Å². The topological polar surface area (TPSA) is 47.3 Å². The summed E-state index contributed by atoms with van der Waals surface area (Å²) in [5.41, 5.74) is 1.40. The Hall–Kier alpha value is -2.12. The molecule has 1 aromatic carbocycles. The van der Waals surface area contributed by atoms with Crippen LogP contribution >= 0.6 is 0 Å². The maximum Gasteiger partial charge on any atom is 0.246 e. The molecule has 4 heteroatoms. The Bertz CT molecular complexity index is 647. The molecule has 0 radical (unpaired) electrons. The van der Waals surface area contributed by atoms with E-state index in [4.69, 9.17) is 5.26 Å². The van der Waals surface area contributed by atoms with E-state index in [0.29, 0.717) is 5.56 Å². The summed E-state index contributed by atoms with van der Waals surface area (Å²) in [5.74, 6) is 0.906. The fourth-order valence-electron chi connectivity index (χ4n) is 3.90. The van der Waals surface area contributed by atoms with Crippen molar-refractivity contribution in [3.8, 4) is 6.07 Å². The van der Waals surface area contributed by atoms with Gasteiger partial charge in [0.2, 0.25) is 5.91 Å². The average Bonchev–Trinajstić information content (AvgIpc) is 2.67. The van der Waals surface area contributed by atoms with Crippen LogP contribution in [0.1, 0.15) is 43.2 Å². The third-order valence-electron chi connectivity index (χ3n) is 5.41. The van der Waals surface area contributed by atoms with Crippen molar-refractivity contribution in [2.75, 3.05) is 32.7 Å². The molecular weight excluding hydrogens is 310 g/mol. The Morgan fingerprint density at radius 3 is 2.56 bits per heavy atom. The second-order valence-corrected chi connectivity index (χ2v) is 7.16. The average molecular weight is 337 g/mol. The normalized spacial score (nSPS) is 19.9. The highest BCUT2D eigenvalue weighted by Gasteiger charge is 2.22. The van der Waals surface area contributed by atoms with Crippen molar-refractivity contribution in [2.45, 2.75) is 32.1 Å². The number of nitriles is 1. The third kappa shape index (κ3) is 4.93. The van der Waals surface area contributed by atoms with Gasteiger partial charge < -0.3 is 4.90 Å². The van der Waals surface area contributed by atoms with Crippen molar-refractivity contribution in [1.29, 1.82) is 5.26 Å². The highest BCUT2D eigenvalue weighted by atomic mass is 16.2. The second kappa shape index (κ2) is 8.82. The molecule has 1 heterocycles. The van der Waals surface area contributed by atoms with E-state index in [9.17, 15) is 4.79 Å². The standard InChI is InChI=1S/C21H27N3O/c22-16-20-9-5-4-8-19(20)10-11-21(25)24-14-12-23(13-15-24)17-18-6-2-1-3-7-18/h4-5,8-11,18H,1-3,6-7,12-15,17H2/b11-10+. The van der Waals surface area contributed by atoms with E-state index in [0.717, 1.165) is 37.7 Å². The molecule has 25 heavy (non-hydrogen) atoms. The van der Waals surface area contributed by atoms with E-state index < -0.39 is 0 Å². The van der Waals surface area contributed by atoms with E-state index in [2.05, 4.69) is 11.0 Å². The zero-order chi connectivity index (χ0) is 17.5. The second-order valence-electron chi connectivity index (χ2n) is 7.16. The summed E-state index contributed by atoms with van der Waals surface area (Å²) in [4.78, 5) is 16.8. The van der Waals surface area contributed by atoms with Gasteiger partial charge in [-0.15, -0.1) is 0 Å². The first-order valence-electron chi connectivity index (χ1n) is 9.45. The maximum absolute atomic E-state index is 12.4. The van der Waals surface area contributed by atoms with Crippen LogP contribution < -0.4 is 0 Å². The Balaban J connectivity index is 1.48. The van der Waals surface area contributed by atoms with Gasteiger partial charge in [-0.25, -0.2) is 0 Å². The molecule has 0 N–H and O–H groups in total. The summed E-state index contributed by atoms with van der Waals surface area (Å²) in [6.45, 7) is 4.76. The first kappa shape index (κ1) is 17.7. The smallest absolute Gasteiger partial charge is 0.246 e. The summed E-state index contributed by atoms with van der Waals surface area (Å²) in [6, 6.07) is 9.52. The molecule has 3 rings (SSSR count). The molecule has 132 valence electrons. The largest absolute Gasteiger partial charge is 0.337 e. The van der Waals surface area contributed by atoms with Gasteiger partial charge in [-0.1, -0.05) is 37.5 Å². The molecule has 1 aromatic rings. The van der Waals surface area contributed by atoms with E-state index in [1.807, 2.05) is 23.1 Å². The molecule has 1 aliphatic carbocycles. The molecule has 0 unspecified atom stereocenters. The van der Waals surface area contributed by atoms with Crippen LogP contribution in [0.25, 0.3) is 6.08 Å². The first-order chi connectivity index (χ1) is 12.3. The van der Waals surface area contributed by atoms with E-state index in [-0.39, 0.29) is 5.91 Å². The van der Waals surface area contributed by atoms with Crippen molar-refractivity contribution in [3.63, 3.8) is 0 Å². The van der Waals surface area contributed by atoms with Crippen LogP contribution in [-0.4, -0.2) is 48.4 Å². The minimum Gasteiger partial charge on any atom is -0.337 e. The van der Waals surface area contributed by atoms with Crippen molar-refractivity contribution < 1.29 is 4.79 Å². The Morgan fingerprint density at radius 2 is 1.84 bits per heavy atom. The maximum atomic E-state index is 12.4. The van der Waals surface area contributed by atoms with Gasteiger partial charge in [0.1, 0.15) is 0 Å². The van der Waals surface area contributed by atoms with E-state index in [1.54, 1.807) is 18.2 Å². The van der Waals surface area contributed by atoms with Crippen LogP contribution in [0.5, 0.6) is 0 Å². The van der Waals surface area contributed by atoms with Gasteiger partial charge in [0.05, 0.1) is 11.6 Å². The minimum atomic E-state index is 0.0464. The van der Waals surface area contributed by atoms with Gasteiger partial charge in [-0.3, -0.25) is 9.69 Å². The summed E-state index contributed by atoms with van der Waals surface area (Å²) in [5, 5.41) is 9.11. The molecule has 1 amide bonds. The molecule has 0 spiro atoms. The molecule has 2 fully saturated rings.